The molecule has 68 valence electrons. The first-order valence-electron chi connectivity index (χ1n) is 4.75. The monoisotopic (exact) mass is 165 g/mol. The maximum absolute atomic E-state index is 2.37. The highest BCUT2D eigenvalue weighted by molar-refractivity contribution is 5.24. The Kier molecular flexibility index (Phi) is 2.96. The Morgan fingerprint density at radius 1 is 1.25 bits per heavy atom. The summed E-state index contributed by atoms with van der Waals surface area (Å²) in [5.41, 5.74) is 1.44. The Morgan fingerprint density at radius 2 is 1.92 bits per heavy atom. The van der Waals surface area contributed by atoms with Crippen LogP contribution >= 0.6 is 0 Å². The van der Waals surface area contributed by atoms with Crippen molar-refractivity contribution in [3.8, 4) is 0 Å². The van der Waals surface area contributed by atoms with Crippen molar-refractivity contribution in [3.05, 3.63) is 23.9 Å². The zero-order chi connectivity index (χ0) is 9.14. The van der Waals surface area contributed by atoms with Crippen molar-refractivity contribution >= 4 is 0 Å². The fourth-order valence-electron chi connectivity index (χ4n) is 1.30. The van der Waals surface area contributed by atoms with Crippen molar-refractivity contribution in [1.29, 1.82) is 0 Å². The summed E-state index contributed by atoms with van der Waals surface area (Å²) >= 11 is 0. The molecule has 0 unspecified atom stereocenters. The largest absolute Gasteiger partial charge is 0.371 e. The first-order valence-corrected chi connectivity index (χ1v) is 4.75. The number of hydrogen-bond acceptors (Lipinski definition) is 1. The van der Waals surface area contributed by atoms with E-state index in [2.05, 4.69) is 50.9 Å². The van der Waals surface area contributed by atoms with Crippen LogP contribution in [0.2, 0.25) is 0 Å². The molecule has 1 heteroatoms. The molecule has 0 saturated carbocycles. The lowest BCUT2D eigenvalue weighted by Crippen LogP contribution is -2.28. The third-order valence-electron chi connectivity index (χ3n) is 2.27. The second-order valence-corrected chi connectivity index (χ2v) is 3.98. The average Bonchev–Trinajstić information content (AvgIpc) is 2.04. The van der Waals surface area contributed by atoms with Gasteiger partial charge in [-0.3, -0.25) is 0 Å². The molecule has 1 aliphatic heterocycles. The molecular weight excluding hydrogens is 146 g/mol. The molecular formula is C11H19N. The van der Waals surface area contributed by atoms with Gasteiger partial charge in [-0.05, 0) is 25.3 Å². The zero-order valence-corrected chi connectivity index (χ0v) is 8.54. The van der Waals surface area contributed by atoms with E-state index in [0.29, 0.717) is 12.0 Å². The third-order valence-corrected chi connectivity index (χ3v) is 2.27. The van der Waals surface area contributed by atoms with E-state index in [1.165, 1.54) is 5.57 Å². The number of nitrogens with zero attached hydrogens (tertiary/aromatic N) is 1. The SMILES string of the molecule is CC(C)C1=CN(C(C)C)CC=C1. The fraction of sp³-hybridized carbons (Fsp3) is 0.636. The fourth-order valence-corrected chi connectivity index (χ4v) is 1.30. The van der Waals surface area contributed by atoms with Gasteiger partial charge < -0.3 is 4.90 Å². The van der Waals surface area contributed by atoms with Gasteiger partial charge in [-0.2, -0.15) is 0 Å². The van der Waals surface area contributed by atoms with E-state index in [1.54, 1.807) is 0 Å². The van der Waals surface area contributed by atoms with Gasteiger partial charge in [-0.25, -0.2) is 0 Å². The Balaban J connectivity index is 2.69. The van der Waals surface area contributed by atoms with Crippen LogP contribution < -0.4 is 0 Å². The van der Waals surface area contributed by atoms with Gasteiger partial charge in [-0.15, -0.1) is 0 Å². The van der Waals surface area contributed by atoms with Crippen LogP contribution in [0.3, 0.4) is 0 Å². The van der Waals surface area contributed by atoms with Crippen LogP contribution in [0.1, 0.15) is 27.7 Å². The van der Waals surface area contributed by atoms with Gasteiger partial charge in [-0.1, -0.05) is 26.0 Å². The van der Waals surface area contributed by atoms with Crippen LogP contribution in [-0.4, -0.2) is 17.5 Å². The topological polar surface area (TPSA) is 3.24 Å². The van der Waals surface area contributed by atoms with Crippen molar-refractivity contribution in [3.63, 3.8) is 0 Å². The van der Waals surface area contributed by atoms with Crippen LogP contribution in [0.25, 0.3) is 0 Å². The molecule has 1 aliphatic rings. The molecule has 1 heterocycles. The van der Waals surface area contributed by atoms with Gasteiger partial charge >= 0.3 is 0 Å². The molecule has 1 nitrogen and oxygen atoms in total. The second-order valence-electron chi connectivity index (χ2n) is 3.98. The van der Waals surface area contributed by atoms with Crippen molar-refractivity contribution in [1.82, 2.24) is 4.90 Å². The zero-order valence-electron chi connectivity index (χ0n) is 8.54. The molecule has 0 radical (unpaired) electrons. The van der Waals surface area contributed by atoms with Gasteiger partial charge in [0.25, 0.3) is 0 Å². The molecule has 0 saturated heterocycles. The molecule has 0 fully saturated rings. The average molecular weight is 165 g/mol. The van der Waals surface area contributed by atoms with Crippen LogP contribution in [-0.2, 0) is 0 Å². The van der Waals surface area contributed by atoms with Crippen molar-refractivity contribution in [2.24, 2.45) is 5.92 Å². The highest BCUT2D eigenvalue weighted by atomic mass is 15.1. The molecule has 0 bridgehead atoms. The van der Waals surface area contributed by atoms with Gasteiger partial charge in [0.15, 0.2) is 0 Å². The summed E-state index contributed by atoms with van der Waals surface area (Å²) in [6.07, 6.45) is 6.77. The van der Waals surface area contributed by atoms with Gasteiger partial charge in [0.05, 0.1) is 0 Å². The normalized spacial score (nSPS) is 17.5. The summed E-state index contributed by atoms with van der Waals surface area (Å²) in [4.78, 5) is 2.37. The first kappa shape index (κ1) is 9.37. The molecule has 0 N–H and O–H groups in total. The Bertz CT molecular complexity index is 199. The van der Waals surface area contributed by atoms with E-state index >= 15 is 0 Å². The number of allylic oxidation sites excluding steroid dienone is 2. The Morgan fingerprint density at radius 3 is 2.42 bits per heavy atom. The van der Waals surface area contributed by atoms with Crippen LogP contribution in [0.15, 0.2) is 23.9 Å². The minimum atomic E-state index is 0.615. The lowest BCUT2D eigenvalue weighted by atomic mass is 10.0. The Labute approximate surface area is 75.8 Å². The van der Waals surface area contributed by atoms with Crippen LogP contribution in [0.5, 0.6) is 0 Å². The van der Waals surface area contributed by atoms with Crippen molar-refractivity contribution in [2.75, 3.05) is 6.54 Å². The van der Waals surface area contributed by atoms with E-state index in [1.807, 2.05) is 0 Å². The third kappa shape index (κ3) is 2.13. The molecule has 1 rings (SSSR count). The van der Waals surface area contributed by atoms with Gasteiger partial charge in [0, 0.05) is 18.8 Å². The van der Waals surface area contributed by atoms with Crippen molar-refractivity contribution in [2.45, 2.75) is 33.7 Å². The minimum absolute atomic E-state index is 0.615. The smallest absolute Gasteiger partial charge is 0.0360 e. The van der Waals surface area contributed by atoms with Gasteiger partial charge in [0.1, 0.15) is 0 Å². The highest BCUT2D eigenvalue weighted by Crippen LogP contribution is 2.17. The van der Waals surface area contributed by atoms with Crippen LogP contribution in [0, 0.1) is 5.92 Å². The summed E-state index contributed by atoms with van der Waals surface area (Å²) in [5, 5.41) is 0. The summed E-state index contributed by atoms with van der Waals surface area (Å²) in [7, 11) is 0. The summed E-state index contributed by atoms with van der Waals surface area (Å²) in [6, 6.07) is 0.615. The maximum Gasteiger partial charge on any atom is 0.0360 e. The second kappa shape index (κ2) is 3.79. The van der Waals surface area contributed by atoms with E-state index in [9.17, 15) is 0 Å². The molecule has 12 heavy (non-hydrogen) atoms. The molecule has 0 aromatic heterocycles. The summed E-state index contributed by atoms with van der Waals surface area (Å²) in [6.45, 7) is 10.00. The molecule has 0 aromatic rings. The quantitative estimate of drug-likeness (QED) is 0.608. The summed E-state index contributed by atoms with van der Waals surface area (Å²) < 4.78 is 0. The van der Waals surface area contributed by atoms with E-state index in [-0.39, 0.29) is 0 Å². The van der Waals surface area contributed by atoms with Gasteiger partial charge in [0.2, 0.25) is 0 Å². The van der Waals surface area contributed by atoms with E-state index in [4.69, 9.17) is 0 Å². The predicted octanol–water partition coefficient (Wildman–Crippen LogP) is 2.81. The Hall–Kier alpha value is -0.720. The molecule has 0 aliphatic carbocycles. The van der Waals surface area contributed by atoms with Crippen molar-refractivity contribution < 1.29 is 0 Å². The molecule has 0 amide bonds. The van der Waals surface area contributed by atoms with Crippen LogP contribution in [0.4, 0.5) is 0 Å². The predicted molar refractivity (Wildman–Crippen MR) is 53.9 cm³/mol. The maximum atomic E-state index is 2.37. The lowest BCUT2D eigenvalue weighted by molar-refractivity contribution is 0.334. The highest BCUT2D eigenvalue weighted by Gasteiger charge is 2.09. The molecule has 0 spiro atoms. The number of rotatable bonds is 2. The first-order chi connectivity index (χ1) is 5.61. The lowest BCUT2D eigenvalue weighted by Gasteiger charge is -2.28. The minimum Gasteiger partial charge on any atom is -0.371 e. The molecule has 0 atom stereocenters. The van der Waals surface area contributed by atoms with E-state index < -0.39 is 0 Å². The summed E-state index contributed by atoms with van der Waals surface area (Å²) in [5.74, 6) is 0.641. The standard InChI is InChI=1S/C11H19N/c1-9(2)11-6-5-7-12(8-11)10(3)4/h5-6,8-10H,7H2,1-4H3. The van der Waals surface area contributed by atoms with E-state index in [0.717, 1.165) is 6.54 Å². The number of hydrogen-bond donors (Lipinski definition) is 0. The molecule has 0 aromatic carbocycles.